The summed E-state index contributed by atoms with van der Waals surface area (Å²) in [4.78, 5) is 2.48. The maximum absolute atomic E-state index is 6.17. The molecule has 0 amide bonds. The van der Waals surface area contributed by atoms with Crippen LogP contribution in [-0.2, 0) is 6.54 Å². The molecule has 16 heavy (non-hydrogen) atoms. The molecule has 2 rings (SSSR count). The lowest BCUT2D eigenvalue weighted by atomic mass is 10.0. The van der Waals surface area contributed by atoms with Gasteiger partial charge in [-0.2, -0.15) is 0 Å². The highest BCUT2D eigenvalue weighted by molar-refractivity contribution is 6.31. The van der Waals surface area contributed by atoms with E-state index in [1.165, 1.54) is 16.7 Å². The van der Waals surface area contributed by atoms with E-state index in [4.69, 9.17) is 11.6 Å². The molecule has 1 aliphatic heterocycles. The number of halogens is 1. The molecule has 0 saturated carbocycles. The van der Waals surface area contributed by atoms with Crippen molar-refractivity contribution in [2.75, 3.05) is 26.2 Å². The van der Waals surface area contributed by atoms with Gasteiger partial charge in [-0.05, 0) is 36.6 Å². The molecule has 0 bridgehead atoms. The van der Waals surface area contributed by atoms with Crippen LogP contribution in [0.15, 0.2) is 12.1 Å². The van der Waals surface area contributed by atoms with E-state index in [9.17, 15) is 0 Å². The predicted molar refractivity (Wildman–Crippen MR) is 69.1 cm³/mol. The van der Waals surface area contributed by atoms with Crippen LogP contribution in [0, 0.1) is 13.8 Å². The van der Waals surface area contributed by atoms with Crippen LogP contribution in [-0.4, -0.2) is 31.1 Å². The van der Waals surface area contributed by atoms with Gasteiger partial charge in [-0.1, -0.05) is 17.7 Å². The fourth-order valence-corrected chi connectivity index (χ4v) is 2.33. The minimum atomic E-state index is 0.885. The van der Waals surface area contributed by atoms with Gasteiger partial charge in [0.2, 0.25) is 0 Å². The van der Waals surface area contributed by atoms with E-state index in [-0.39, 0.29) is 0 Å². The molecular formula is C13H19ClN2. The molecule has 1 aromatic rings. The Morgan fingerprint density at radius 1 is 1.19 bits per heavy atom. The van der Waals surface area contributed by atoms with Crippen LogP contribution in [0.25, 0.3) is 0 Å². The largest absolute Gasteiger partial charge is 0.314 e. The third-order valence-corrected chi connectivity index (χ3v) is 3.63. The minimum Gasteiger partial charge on any atom is -0.314 e. The summed E-state index contributed by atoms with van der Waals surface area (Å²) >= 11 is 6.17. The zero-order valence-electron chi connectivity index (χ0n) is 10.0. The Bertz CT molecular complexity index is 370. The number of nitrogens with one attached hydrogen (secondary N) is 1. The Balaban J connectivity index is 2.11. The summed E-state index contributed by atoms with van der Waals surface area (Å²) in [6, 6.07) is 4.30. The first-order valence-electron chi connectivity index (χ1n) is 5.85. The SMILES string of the molecule is Cc1cc(C)c(CN2CCNCC2)cc1Cl. The molecule has 0 aliphatic carbocycles. The molecule has 0 atom stereocenters. The van der Waals surface area contributed by atoms with Crippen LogP contribution in [0.1, 0.15) is 16.7 Å². The minimum absolute atomic E-state index is 0.885. The zero-order valence-corrected chi connectivity index (χ0v) is 10.8. The standard InChI is InChI=1S/C13H19ClN2/c1-10-7-11(2)13(14)8-12(10)9-16-5-3-15-4-6-16/h7-8,15H,3-6,9H2,1-2H3. The van der Waals surface area contributed by atoms with E-state index in [1.807, 2.05) is 0 Å². The van der Waals surface area contributed by atoms with E-state index in [1.54, 1.807) is 0 Å². The number of hydrogen-bond donors (Lipinski definition) is 1. The molecule has 1 aliphatic rings. The van der Waals surface area contributed by atoms with Gasteiger partial charge in [-0.25, -0.2) is 0 Å². The molecule has 1 N–H and O–H groups in total. The number of rotatable bonds is 2. The molecule has 0 unspecified atom stereocenters. The van der Waals surface area contributed by atoms with E-state index in [0.717, 1.165) is 37.7 Å². The second kappa shape index (κ2) is 5.17. The number of piperazine rings is 1. The summed E-state index contributed by atoms with van der Waals surface area (Å²) in [5, 5.41) is 4.25. The van der Waals surface area contributed by atoms with Crippen molar-refractivity contribution in [2.24, 2.45) is 0 Å². The normalized spacial score (nSPS) is 17.7. The van der Waals surface area contributed by atoms with E-state index in [0.29, 0.717) is 0 Å². The number of nitrogens with zero attached hydrogens (tertiary/aromatic N) is 1. The molecule has 1 saturated heterocycles. The lowest BCUT2D eigenvalue weighted by Crippen LogP contribution is -2.43. The van der Waals surface area contributed by atoms with Crippen LogP contribution in [0.4, 0.5) is 0 Å². The van der Waals surface area contributed by atoms with Gasteiger partial charge in [-0.15, -0.1) is 0 Å². The van der Waals surface area contributed by atoms with Gasteiger partial charge in [0.1, 0.15) is 0 Å². The Morgan fingerprint density at radius 3 is 2.56 bits per heavy atom. The highest BCUT2D eigenvalue weighted by Gasteiger charge is 2.11. The zero-order chi connectivity index (χ0) is 11.5. The van der Waals surface area contributed by atoms with E-state index in [2.05, 4.69) is 36.2 Å². The van der Waals surface area contributed by atoms with Gasteiger partial charge in [-0.3, -0.25) is 4.90 Å². The summed E-state index contributed by atoms with van der Waals surface area (Å²) in [6.07, 6.45) is 0. The second-order valence-corrected chi connectivity index (χ2v) is 4.96. The third-order valence-electron chi connectivity index (χ3n) is 3.22. The summed E-state index contributed by atoms with van der Waals surface area (Å²) in [6.45, 7) is 9.70. The van der Waals surface area contributed by atoms with Crippen LogP contribution >= 0.6 is 11.6 Å². The highest BCUT2D eigenvalue weighted by atomic mass is 35.5. The Morgan fingerprint density at radius 2 is 1.88 bits per heavy atom. The lowest BCUT2D eigenvalue weighted by Gasteiger charge is -2.28. The van der Waals surface area contributed by atoms with Gasteiger partial charge in [0, 0.05) is 37.7 Å². The first-order chi connectivity index (χ1) is 7.66. The van der Waals surface area contributed by atoms with Gasteiger partial charge >= 0.3 is 0 Å². The lowest BCUT2D eigenvalue weighted by molar-refractivity contribution is 0.233. The Labute approximate surface area is 103 Å². The first kappa shape index (κ1) is 11.9. The number of benzene rings is 1. The van der Waals surface area contributed by atoms with Crippen LogP contribution < -0.4 is 5.32 Å². The van der Waals surface area contributed by atoms with Crippen LogP contribution in [0.3, 0.4) is 0 Å². The molecule has 88 valence electrons. The van der Waals surface area contributed by atoms with Crippen molar-refractivity contribution in [3.05, 3.63) is 33.8 Å². The summed E-state index contributed by atoms with van der Waals surface area (Å²) in [5.41, 5.74) is 3.88. The van der Waals surface area contributed by atoms with Gasteiger partial charge in [0.25, 0.3) is 0 Å². The monoisotopic (exact) mass is 238 g/mol. The molecule has 2 nitrogen and oxygen atoms in total. The average Bonchev–Trinajstić information content (AvgIpc) is 2.27. The maximum Gasteiger partial charge on any atom is 0.0438 e. The van der Waals surface area contributed by atoms with E-state index < -0.39 is 0 Å². The van der Waals surface area contributed by atoms with Crippen molar-refractivity contribution >= 4 is 11.6 Å². The van der Waals surface area contributed by atoms with Crippen LogP contribution in [0.2, 0.25) is 5.02 Å². The predicted octanol–water partition coefficient (Wildman–Crippen LogP) is 2.36. The number of hydrogen-bond acceptors (Lipinski definition) is 2. The highest BCUT2D eigenvalue weighted by Crippen LogP contribution is 2.21. The second-order valence-electron chi connectivity index (χ2n) is 4.55. The average molecular weight is 239 g/mol. The molecule has 1 fully saturated rings. The molecule has 1 heterocycles. The summed E-state index contributed by atoms with van der Waals surface area (Å²) in [7, 11) is 0. The number of aryl methyl sites for hydroxylation is 2. The van der Waals surface area contributed by atoms with E-state index >= 15 is 0 Å². The molecule has 1 aromatic carbocycles. The van der Waals surface area contributed by atoms with Gasteiger partial charge in [0.05, 0.1) is 0 Å². The maximum atomic E-state index is 6.17. The Hall–Kier alpha value is -0.570. The van der Waals surface area contributed by atoms with Crippen LogP contribution in [0.5, 0.6) is 0 Å². The topological polar surface area (TPSA) is 15.3 Å². The fraction of sp³-hybridized carbons (Fsp3) is 0.538. The van der Waals surface area contributed by atoms with Gasteiger partial charge < -0.3 is 5.32 Å². The van der Waals surface area contributed by atoms with Crippen molar-refractivity contribution in [3.63, 3.8) is 0 Å². The molecule has 0 spiro atoms. The van der Waals surface area contributed by atoms with Crippen molar-refractivity contribution < 1.29 is 0 Å². The smallest absolute Gasteiger partial charge is 0.0438 e. The Kier molecular flexibility index (Phi) is 3.85. The summed E-state index contributed by atoms with van der Waals surface area (Å²) < 4.78 is 0. The summed E-state index contributed by atoms with van der Waals surface area (Å²) in [5.74, 6) is 0. The fourth-order valence-electron chi connectivity index (χ4n) is 2.15. The molecule has 0 aromatic heterocycles. The van der Waals surface area contributed by atoms with Crippen molar-refractivity contribution in [2.45, 2.75) is 20.4 Å². The molecule has 0 radical (unpaired) electrons. The molecule has 3 heteroatoms. The van der Waals surface area contributed by atoms with Crippen molar-refractivity contribution in [3.8, 4) is 0 Å². The quantitative estimate of drug-likeness (QED) is 0.851. The van der Waals surface area contributed by atoms with Crippen molar-refractivity contribution in [1.29, 1.82) is 0 Å². The van der Waals surface area contributed by atoms with Gasteiger partial charge in [0.15, 0.2) is 0 Å². The third kappa shape index (κ3) is 2.76. The first-order valence-corrected chi connectivity index (χ1v) is 6.23. The van der Waals surface area contributed by atoms with Crippen molar-refractivity contribution in [1.82, 2.24) is 10.2 Å². The molecular weight excluding hydrogens is 220 g/mol.